The smallest absolute Gasteiger partial charge is 0.321 e. The van der Waals surface area contributed by atoms with E-state index in [1.807, 2.05) is 6.92 Å². The molecule has 5 nitrogen and oxygen atoms in total. The second kappa shape index (κ2) is 5.48. The molecule has 1 atom stereocenters. The molecule has 6 heteroatoms. The number of hydrogen-bond donors (Lipinski definition) is 2. The van der Waals surface area contributed by atoms with Crippen LogP contribution in [0.2, 0.25) is 5.02 Å². The lowest BCUT2D eigenvalue weighted by molar-refractivity contribution is -0.141. The summed E-state index contributed by atoms with van der Waals surface area (Å²) in [4.78, 5) is 24.4. The molecule has 1 aliphatic heterocycles. The average molecular weight is 283 g/mol. The van der Waals surface area contributed by atoms with Crippen LogP contribution in [0.3, 0.4) is 0 Å². The summed E-state index contributed by atoms with van der Waals surface area (Å²) in [5, 5.41) is 12.3. The first-order valence-electron chi connectivity index (χ1n) is 6.02. The summed E-state index contributed by atoms with van der Waals surface area (Å²) in [6.45, 7) is 2.58. The van der Waals surface area contributed by atoms with E-state index in [1.54, 1.807) is 18.2 Å². The molecule has 0 saturated carbocycles. The number of benzene rings is 1. The lowest BCUT2D eigenvalue weighted by atomic mass is 10.1. The summed E-state index contributed by atoms with van der Waals surface area (Å²) >= 11 is 5.85. The van der Waals surface area contributed by atoms with Crippen LogP contribution in [0, 0.1) is 12.8 Å². The molecule has 2 rings (SSSR count). The predicted octanol–water partition coefficient (Wildman–Crippen LogP) is 2.59. The normalized spacial score (nSPS) is 18.4. The van der Waals surface area contributed by atoms with E-state index in [0.717, 1.165) is 5.56 Å². The lowest BCUT2D eigenvalue weighted by Gasteiger charge is -2.17. The maximum atomic E-state index is 12.0. The fourth-order valence-electron chi connectivity index (χ4n) is 2.11. The van der Waals surface area contributed by atoms with Gasteiger partial charge in [-0.1, -0.05) is 11.6 Å². The Hall–Kier alpha value is -1.75. The molecule has 0 spiro atoms. The third kappa shape index (κ3) is 3.17. The van der Waals surface area contributed by atoms with Gasteiger partial charge in [0.05, 0.1) is 5.92 Å². The van der Waals surface area contributed by atoms with Gasteiger partial charge in [0.1, 0.15) is 0 Å². The molecule has 0 radical (unpaired) electrons. The number of nitrogens with one attached hydrogen (secondary N) is 1. The van der Waals surface area contributed by atoms with Crippen molar-refractivity contribution in [2.75, 3.05) is 18.4 Å². The minimum atomic E-state index is -0.849. The van der Waals surface area contributed by atoms with E-state index in [9.17, 15) is 9.59 Å². The second-order valence-electron chi connectivity index (χ2n) is 4.66. The Morgan fingerprint density at radius 3 is 2.79 bits per heavy atom. The van der Waals surface area contributed by atoms with Gasteiger partial charge in [-0.2, -0.15) is 0 Å². The molecule has 1 aliphatic rings. The number of carboxylic acid groups (broad SMARTS) is 1. The van der Waals surface area contributed by atoms with Gasteiger partial charge in [0.15, 0.2) is 0 Å². The van der Waals surface area contributed by atoms with E-state index in [2.05, 4.69) is 5.32 Å². The lowest BCUT2D eigenvalue weighted by Crippen LogP contribution is -2.34. The maximum absolute atomic E-state index is 12.0. The Kier molecular flexibility index (Phi) is 3.95. The minimum Gasteiger partial charge on any atom is -0.481 e. The van der Waals surface area contributed by atoms with Crippen LogP contribution in [0.25, 0.3) is 0 Å². The van der Waals surface area contributed by atoms with E-state index < -0.39 is 11.9 Å². The van der Waals surface area contributed by atoms with E-state index in [0.29, 0.717) is 23.7 Å². The molecule has 2 N–H and O–H groups in total. The van der Waals surface area contributed by atoms with Crippen LogP contribution in [-0.2, 0) is 4.79 Å². The summed E-state index contributed by atoms with van der Waals surface area (Å²) < 4.78 is 0. The van der Waals surface area contributed by atoms with Crippen molar-refractivity contribution in [1.29, 1.82) is 0 Å². The Morgan fingerprint density at radius 2 is 2.21 bits per heavy atom. The van der Waals surface area contributed by atoms with Crippen molar-refractivity contribution in [2.45, 2.75) is 13.3 Å². The number of amides is 2. The molecule has 2 amide bonds. The van der Waals surface area contributed by atoms with Crippen LogP contribution in [0.1, 0.15) is 12.0 Å². The second-order valence-corrected chi connectivity index (χ2v) is 5.10. The first kappa shape index (κ1) is 13.7. The van der Waals surface area contributed by atoms with Gasteiger partial charge in [-0.05, 0) is 37.1 Å². The monoisotopic (exact) mass is 282 g/mol. The van der Waals surface area contributed by atoms with Gasteiger partial charge in [0.25, 0.3) is 0 Å². The summed E-state index contributed by atoms with van der Waals surface area (Å²) in [7, 11) is 0. The van der Waals surface area contributed by atoms with Gasteiger partial charge in [0, 0.05) is 23.8 Å². The first-order chi connectivity index (χ1) is 8.97. The van der Waals surface area contributed by atoms with Crippen molar-refractivity contribution >= 4 is 29.3 Å². The van der Waals surface area contributed by atoms with Crippen LogP contribution in [0.15, 0.2) is 18.2 Å². The highest BCUT2D eigenvalue weighted by Crippen LogP contribution is 2.22. The maximum Gasteiger partial charge on any atom is 0.321 e. The Bertz CT molecular complexity index is 519. The molecular formula is C13H15ClN2O3. The first-order valence-corrected chi connectivity index (χ1v) is 6.40. The van der Waals surface area contributed by atoms with Gasteiger partial charge in [-0.3, -0.25) is 4.79 Å². The SMILES string of the molecule is Cc1cc(Cl)ccc1NC(=O)N1CCC(C(=O)O)C1. The molecule has 1 aromatic rings. The molecule has 1 saturated heterocycles. The minimum absolute atomic E-state index is 0.258. The van der Waals surface area contributed by atoms with Crippen LogP contribution >= 0.6 is 11.6 Å². The number of nitrogens with zero attached hydrogens (tertiary/aromatic N) is 1. The largest absolute Gasteiger partial charge is 0.481 e. The number of rotatable bonds is 2. The summed E-state index contributed by atoms with van der Waals surface area (Å²) in [6.07, 6.45) is 0.502. The molecule has 0 bridgehead atoms. The number of carbonyl (C=O) groups is 2. The fourth-order valence-corrected chi connectivity index (χ4v) is 2.33. The highest BCUT2D eigenvalue weighted by molar-refractivity contribution is 6.30. The van der Waals surface area contributed by atoms with Gasteiger partial charge in [-0.15, -0.1) is 0 Å². The summed E-state index contributed by atoms with van der Waals surface area (Å²) in [5.74, 6) is -1.31. The molecule has 1 aromatic carbocycles. The number of hydrogen-bond acceptors (Lipinski definition) is 2. The number of carbonyl (C=O) groups excluding carboxylic acids is 1. The van der Waals surface area contributed by atoms with Crippen molar-refractivity contribution in [1.82, 2.24) is 4.90 Å². The van der Waals surface area contributed by atoms with Crippen molar-refractivity contribution in [2.24, 2.45) is 5.92 Å². The zero-order chi connectivity index (χ0) is 14.0. The van der Waals surface area contributed by atoms with Gasteiger partial charge in [-0.25, -0.2) is 4.79 Å². The standard InChI is InChI=1S/C13H15ClN2O3/c1-8-6-10(14)2-3-11(8)15-13(19)16-5-4-9(7-16)12(17)18/h2-3,6,9H,4-5,7H2,1H3,(H,15,19)(H,17,18). The van der Waals surface area contributed by atoms with Gasteiger partial charge >= 0.3 is 12.0 Å². The topological polar surface area (TPSA) is 69.6 Å². The number of aryl methyl sites for hydroxylation is 1. The highest BCUT2D eigenvalue weighted by Gasteiger charge is 2.30. The van der Waals surface area contributed by atoms with Crippen molar-refractivity contribution < 1.29 is 14.7 Å². The van der Waals surface area contributed by atoms with Crippen molar-refractivity contribution in [3.63, 3.8) is 0 Å². The zero-order valence-corrected chi connectivity index (χ0v) is 11.3. The zero-order valence-electron chi connectivity index (χ0n) is 10.5. The molecule has 1 fully saturated rings. The number of aliphatic carboxylic acids is 1. The van der Waals surface area contributed by atoms with Gasteiger partial charge in [0.2, 0.25) is 0 Å². The summed E-state index contributed by atoms with van der Waals surface area (Å²) in [5.41, 5.74) is 1.56. The fraction of sp³-hybridized carbons (Fsp3) is 0.385. The van der Waals surface area contributed by atoms with Crippen LogP contribution in [0.5, 0.6) is 0 Å². The molecule has 19 heavy (non-hydrogen) atoms. The quantitative estimate of drug-likeness (QED) is 0.876. The predicted molar refractivity (Wildman–Crippen MR) is 72.5 cm³/mol. The Labute approximate surface area is 116 Å². The Balaban J connectivity index is 2.00. The number of carboxylic acids is 1. The number of anilines is 1. The third-order valence-electron chi connectivity index (χ3n) is 3.25. The third-order valence-corrected chi connectivity index (χ3v) is 3.49. The van der Waals surface area contributed by atoms with Crippen LogP contribution in [-0.4, -0.2) is 35.1 Å². The number of likely N-dealkylation sites (tertiary alicyclic amines) is 1. The molecule has 1 heterocycles. The molecule has 102 valence electrons. The van der Waals surface area contributed by atoms with E-state index in [4.69, 9.17) is 16.7 Å². The van der Waals surface area contributed by atoms with E-state index >= 15 is 0 Å². The van der Waals surface area contributed by atoms with Crippen molar-refractivity contribution in [3.8, 4) is 0 Å². The van der Waals surface area contributed by atoms with E-state index in [1.165, 1.54) is 4.90 Å². The van der Waals surface area contributed by atoms with E-state index in [-0.39, 0.29) is 12.6 Å². The number of halogens is 1. The van der Waals surface area contributed by atoms with Crippen LogP contribution in [0.4, 0.5) is 10.5 Å². The molecule has 0 aromatic heterocycles. The van der Waals surface area contributed by atoms with Crippen LogP contribution < -0.4 is 5.32 Å². The molecule has 1 unspecified atom stereocenters. The average Bonchev–Trinajstić information content (AvgIpc) is 2.82. The molecular weight excluding hydrogens is 268 g/mol. The molecule has 0 aliphatic carbocycles. The Morgan fingerprint density at radius 1 is 1.47 bits per heavy atom. The number of urea groups is 1. The van der Waals surface area contributed by atoms with Crippen molar-refractivity contribution in [3.05, 3.63) is 28.8 Å². The van der Waals surface area contributed by atoms with Gasteiger partial charge < -0.3 is 15.3 Å². The summed E-state index contributed by atoms with van der Waals surface area (Å²) in [6, 6.07) is 4.93. The highest BCUT2D eigenvalue weighted by atomic mass is 35.5.